The minimum absolute atomic E-state index is 0.150. The van der Waals surface area contributed by atoms with Crippen LogP contribution in [0.5, 0.6) is 0 Å². The minimum atomic E-state index is -1.13. The number of esters is 1. The van der Waals surface area contributed by atoms with Gasteiger partial charge in [0.1, 0.15) is 6.17 Å². The van der Waals surface area contributed by atoms with Crippen molar-refractivity contribution in [2.24, 2.45) is 5.92 Å². The number of ether oxygens (including phenoxy) is 1. The quantitative estimate of drug-likeness (QED) is 0.483. The van der Waals surface area contributed by atoms with E-state index in [9.17, 15) is 9.18 Å². The van der Waals surface area contributed by atoms with Crippen LogP contribution < -0.4 is 0 Å². The first-order valence-corrected chi connectivity index (χ1v) is 3.93. The average molecular weight is 174 g/mol. The highest BCUT2D eigenvalue weighted by Gasteiger charge is 2.17. The van der Waals surface area contributed by atoms with E-state index in [-0.39, 0.29) is 12.3 Å². The van der Waals surface area contributed by atoms with Crippen molar-refractivity contribution in [2.75, 3.05) is 0 Å². The first kappa shape index (κ1) is 11.1. The number of hydrogen-bond acceptors (Lipinski definition) is 2. The summed E-state index contributed by atoms with van der Waals surface area (Å²) in [4.78, 5) is 10.8. The van der Waals surface area contributed by atoms with Crippen LogP contribution in [0.2, 0.25) is 0 Å². The molecule has 0 aromatic carbocycles. The summed E-state index contributed by atoms with van der Waals surface area (Å²) >= 11 is 0. The first-order chi connectivity index (χ1) is 5.43. The third-order valence-electron chi connectivity index (χ3n) is 1.37. The Morgan fingerprint density at radius 3 is 2.42 bits per heavy atom. The van der Waals surface area contributed by atoms with Gasteiger partial charge in [0.05, 0.1) is 12.2 Å². The zero-order valence-corrected chi connectivity index (χ0v) is 7.76. The van der Waals surface area contributed by atoms with Crippen molar-refractivity contribution in [1.29, 1.82) is 0 Å². The average Bonchev–Trinajstić information content (AvgIpc) is 1.84. The van der Waals surface area contributed by atoms with Crippen LogP contribution in [0.4, 0.5) is 4.39 Å². The molecule has 0 saturated heterocycles. The molecule has 0 aromatic rings. The lowest BCUT2D eigenvalue weighted by atomic mass is 10.1. The SMILES string of the molecule is C=C(C)OC(=O)CC(F)C(C)C. The van der Waals surface area contributed by atoms with Gasteiger partial charge < -0.3 is 4.74 Å². The molecule has 2 nitrogen and oxygen atoms in total. The number of carbonyl (C=O) groups excluding carboxylic acids is 1. The summed E-state index contributed by atoms with van der Waals surface area (Å²) in [7, 11) is 0. The van der Waals surface area contributed by atoms with Crippen molar-refractivity contribution in [3.63, 3.8) is 0 Å². The van der Waals surface area contributed by atoms with Crippen LogP contribution in [0.1, 0.15) is 27.2 Å². The highest BCUT2D eigenvalue weighted by atomic mass is 19.1. The molecule has 12 heavy (non-hydrogen) atoms. The Labute approximate surface area is 72.4 Å². The monoisotopic (exact) mass is 174 g/mol. The number of hydrogen-bond donors (Lipinski definition) is 0. The summed E-state index contributed by atoms with van der Waals surface area (Å²) in [5.41, 5.74) is 0. The molecular weight excluding hydrogens is 159 g/mol. The summed E-state index contributed by atoms with van der Waals surface area (Å²) < 4.78 is 17.5. The number of allylic oxidation sites excluding steroid dienone is 1. The van der Waals surface area contributed by atoms with E-state index in [0.717, 1.165) is 0 Å². The van der Waals surface area contributed by atoms with Gasteiger partial charge in [-0.25, -0.2) is 4.39 Å². The van der Waals surface area contributed by atoms with Gasteiger partial charge in [0, 0.05) is 0 Å². The number of carbonyl (C=O) groups is 1. The van der Waals surface area contributed by atoms with Gasteiger partial charge in [0.15, 0.2) is 0 Å². The van der Waals surface area contributed by atoms with E-state index in [2.05, 4.69) is 11.3 Å². The van der Waals surface area contributed by atoms with Crippen LogP contribution in [0.3, 0.4) is 0 Å². The number of alkyl halides is 1. The topological polar surface area (TPSA) is 26.3 Å². The molecule has 0 spiro atoms. The molecule has 0 aliphatic heterocycles. The van der Waals surface area contributed by atoms with Crippen LogP contribution >= 0.6 is 0 Å². The van der Waals surface area contributed by atoms with Crippen molar-refractivity contribution in [3.8, 4) is 0 Å². The Hall–Kier alpha value is -0.860. The van der Waals surface area contributed by atoms with Crippen molar-refractivity contribution in [3.05, 3.63) is 12.3 Å². The smallest absolute Gasteiger partial charge is 0.313 e. The predicted octanol–water partition coefficient (Wildman–Crippen LogP) is 2.45. The van der Waals surface area contributed by atoms with E-state index in [0.29, 0.717) is 5.76 Å². The van der Waals surface area contributed by atoms with Gasteiger partial charge >= 0.3 is 5.97 Å². The third-order valence-corrected chi connectivity index (χ3v) is 1.37. The molecule has 0 bridgehead atoms. The summed E-state index contributed by atoms with van der Waals surface area (Å²) in [5.74, 6) is -0.401. The van der Waals surface area contributed by atoms with Gasteiger partial charge in [-0.3, -0.25) is 4.79 Å². The summed E-state index contributed by atoms with van der Waals surface area (Å²) in [6.45, 7) is 8.38. The third kappa shape index (κ3) is 4.88. The molecule has 0 N–H and O–H groups in total. The summed E-state index contributed by atoms with van der Waals surface area (Å²) in [5, 5.41) is 0. The lowest BCUT2D eigenvalue weighted by molar-refractivity contribution is -0.141. The van der Waals surface area contributed by atoms with Crippen molar-refractivity contribution >= 4 is 5.97 Å². The fraction of sp³-hybridized carbons (Fsp3) is 0.667. The highest BCUT2D eigenvalue weighted by Crippen LogP contribution is 2.11. The minimum Gasteiger partial charge on any atom is -0.432 e. The second-order valence-electron chi connectivity index (χ2n) is 3.14. The molecule has 0 aliphatic rings. The Balaban J connectivity index is 3.77. The van der Waals surface area contributed by atoms with Crippen LogP contribution in [0, 0.1) is 5.92 Å². The standard InChI is InChI=1S/C9H15FO2/c1-6(2)8(10)5-9(11)12-7(3)4/h6,8H,3,5H2,1-2,4H3. The molecule has 1 unspecified atom stereocenters. The van der Waals surface area contributed by atoms with E-state index in [1.54, 1.807) is 20.8 Å². The Morgan fingerprint density at radius 2 is 2.08 bits per heavy atom. The van der Waals surface area contributed by atoms with Crippen molar-refractivity contribution in [1.82, 2.24) is 0 Å². The molecule has 70 valence electrons. The number of halogens is 1. The van der Waals surface area contributed by atoms with Gasteiger partial charge in [0.2, 0.25) is 0 Å². The van der Waals surface area contributed by atoms with Crippen LogP contribution in [0.25, 0.3) is 0 Å². The molecule has 0 rings (SSSR count). The van der Waals surface area contributed by atoms with E-state index in [1.807, 2.05) is 0 Å². The Morgan fingerprint density at radius 1 is 1.58 bits per heavy atom. The maximum atomic E-state index is 12.9. The Bertz CT molecular complexity index is 175. The molecule has 0 amide bonds. The zero-order chi connectivity index (χ0) is 9.72. The number of rotatable bonds is 4. The second kappa shape index (κ2) is 4.91. The lowest BCUT2D eigenvalue weighted by Gasteiger charge is -2.10. The molecule has 0 radical (unpaired) electrons. The van der Waals surface area contributed by atoms with Crippen molar-refractivity contribution in [2.45, 2.75) is 33.4 Å². The van der Waals surface area contributed by atoms with Crippen LogP contribution in [-0.4, -0.2) is 12.1 Å². The van der Waals surface area contributed by atoms with E-state index in [1.165, 1.54) is 0 Å². The van der Waals surface area contributed by atoms with Gasteiger partial charge in [-0.05, 0) is 12.8 Å². The fourth-order valence-electron chi connectivity index (χ4n) is 0.631. The lowest BCUT2D eigenvalue weighted by Crippen LogP contribution is -2.16. The van der Waals surface area contributed by atoms with Crippen LogP contribution in [0.15, 0.2) is 12.3 Å². The first-order valence-electron chi connectivity index (χ1n) is 3.93. The van der Waals surface area contributed by atoms with Gasteiger partial charge in [-0.15, -0.1) is 0 Å². The highest BCUT2D eigenvalue weighted by molar-refractivity contribution is 5.71. The molecule has 0 aliphatic carbocycles. The van der Waals surface area contributed by atoms with Crippen LogP contribution in [-0.2, 0) is 9.53 Å². The molecule has 0 heterocycles. The van der Waals surface area contributed by atoms with Gasteiger partial charge in [-0.1, -0.05) is 20.4 Å². The second-order valence-corrected chi connectivity index (χ2v) is 3.14. The van der Waals surface area contributed by atoms with Gasteiger partial charge in [-0.2, -0.15) is 0 Å². The van der Waals surface area contributed by atoms with E-state index < -0.39 is 12.1 Å². The maximum Gasteiger partial charge on any atom is 0.313 e. The van der Waals surface area contributed by atoms with E-state index in [4.69, 9.17) is 0 Å². The fourth-order valence-corrected chi connectivity index (χ4v) is 0.631. The predicted molar refractivity (Wildman–Crippen MR) is 45.3 cm³/mol. The molecule has 0 fully saturated rings. The Kier molecular flexibility index (Phi) is 4.55. The maximum absolute atomic E-state index is 12.9. The normalized spacial score (nSPS) is 12.8. The molecule has 1 atom stereocenters. The largest absolute Gasteiger partial charge is 0.432 e. The molecule has 0 saturated carbocycles. The summed E-state index contributed by atoms with van der Waals surface area (Å²) in [6.07, 6.45) is -1.32. The van der Waals surface area contributed by atoms with Crippen molar-refractivity contribution < 1.29 is 13.9 Å². The zero-order valence-electron chi connectivity index (χ0n) is 7.76. The summed E-state index contributed by atoms with van der Waals surface area (Å²) in [6, 6.07) is 0. The molecule has 0 aromatic heterocycles. The van der Waals surface area contributed by atoms with Gasteiger partial charge in [0.25, 0.3) is 0 Å². The van der Waals surface area contributed by atoms with E-state index >= 15 is 0 Å². The molecule has 3 heteroatoms. The molecular formula is C9H15FO2.